The Balaban J connectivity index is 2.11. The Morgan fingerprint density at radius 1 is 1.32 bits per heavy atom. The summed E-state index contributed by atoms with van der Waals surface area (Å²) in [4.78, 5) is 11.7. The third-order valence-electron chi connectivity index (χ3n) is 2.47. The maximum Gasteiger partial charge on any atom is 0.374 e. The fourth-order valence-corrected chi connectivity index (χ4v) is 2.02. The van der Waals surface area contributed by atoms with E-state index in [0.717, 1.165) is 11.3 Å². The first-order chi connectivity index (χ1) is 9.22. The number of carbonyl (C=O) groups excluding carboxylic acids is 1. The number of ether oxygens (including phenoxy) is 1. The van der Waals surface area contributed by atoms with Crippen molar-refractivity contribution in [2.75, 3.05) is 18.6 Å². The van der Waals surface area contributed by atoms with Crippen LogP contribution in [-0.2, 0) is 4.74 Å². The Morgan fingerprint density at radius 3 is 2.84 bits per heavy atom. The first-order valence-electron chi connectivity index (χ1n) is 5.73. The zero-order valence-electron chi connectivity index (χ0n) is 10.4. The highest BCUT2D eigenvalue weighted by Gasteiger charge is 2.14. The van der Waals surface area contributed by atoms with E-state index in [9.17, 15) is 4.79 Å². The van der Waals surface area contributed by atoms with Crippen LogP contribution in [0.4, 0.5) is 0 Å². The third kappa shape index (κ3) is 3.55. The van der Waals surface area contributed by atoms with E-state index in [-0.39, 0.29) is 5.76 Å². The Bertz CT molecular complexity index is 565. The number of benzene rings is 1. The molecule has 5 heteroatoms. The number of halogens is 1. The van der Waals surface area contributed by atoms with Crippen LogP contribution >= 0.6 is 23.4 Å². The van der Waals surface area contributed by atoms with Gasteiger partial charge in [0.2, 0.25) is 5.76 Å². The van der Waals surface area contributed by atoms with Gasteiger partial charge in [0.25, 0.3) is 0 Å². The Morgan fingerprint density at radius 2 is 2.11 bits per heavy atom. The van der Waals surface area contributed by atoms with Gasteiger partial charge in [0.05, 0.1) is 5.02 Å². The highest BCUT2D eigenvalue weighted by atomic mass is 35.5. The maximum atomic E-state index is 11.7. The van der Waals surface area contributed by atoms with Crippen molar-refractivity contribution in [3.05, 3.63) is 47.2 Å². The molecule has 0 aliphatic carbocycles. The van der Waals surface area contributed by atoms with Crippen LogP contribution in [0.1, 0.15) is 10.6 Å². The monoisotopic (exact) mass is 296 g/mol. The van der Waals surface area contributed by atoms with E-state index in [2.05, 4.69) is 0 Å². The number of furan rings is 1. The van der Waals surface area contributed by atoms with Gasteiger partial charge in [-0.05, 0) is 30.5 Å². The normalized spacial score (nSPS) is 10.4. The van der Waals surface area contributed by atoms with Gasteiger partial charge in [-0.15, -0.1) is 0 Å². The lowest BCUT2D eigenvalue weighted by Gasteiger charge is -2.01. The quantitative estimate of drug-likeness (QED) is 0.614. The SMILES string of the molecule is CSCCOC(=O)c1ccc(-c2ccccc2Cl)o1. The van der Waals surface area contributed by atoms with E-state index < -0.39 is 5.97 Å². The van der Waals surface area contributed by atoms with Gasteiger partial charge >= 0.3 is 5.97 Å². The average molecular weight is 297 g/mol. The Labute approximate surface area is 120 Å². The van der Waals surface area contributed by atoms with Crippen LogP contribution in [0.2, 0.25) is 5.02 Å². The lowest BCUT2D eigenvalue weighted by molar-refractivity contribution is 0.0495. The highest BCUT2D eigenvalue weighted by molar-refractivity contribution is 7.98. The molecule has 0 spiro atoms. The van der Waals surface area contributed by atoms with Crippen LogP contribution in [0.3, 0.4) is 0 Å². The number of rotatable bonds is 5. The van der Waals surface area contributed by atoms with E-state index >= 15 is 0 Å². The van der Waals surface area contributed by atoms with Gasteiger partial charge in [-0.2, -0.15) is 11.8 Å². The third-order valence-corrected chi connectivity index (χ3v) is 3.37. The molecule has 0 fully saturated rings. The molecule has 0 aliphatic rings. The molecule has 1 aromatic heterocycles. The van der Waals surface area contributed by atoms with Crippen molar-refractivity contribution in [2.45, 2.75) is 0 Å². The Kier molecular flexibility index (Phi) is 4.93. The van der Waals surface area contributed by atoms with Crippen molar-refractivity contribution in [1.82, 2.24) is 0 Å². The van der Waals surface area contributed by atoms with Crippen molar-refractivity contribution < 1.29 is 13.9 Å². The van der Waals surface area contributed by atoms with Crippen molar-refractivity contribution in [1.29, 1.82) is 0 Å². The maximum absolute atomic E-state index is 11.7. The van der Waals surface area contributed by atoms with E-state index in [1.165, 1.54) is 0 Å². The molecule has 0 atom stereocenters. The van der Waals surface area contributed by atoms with E-state index in [1.54, 1.807) is 30.0 Å². The van der Waals surface area contributed by atoms with Gasteiger partial charge in [-0.1, -0.05) is 23.7 Å². The topological polar surface area (TPSA) is 39.4 Å². The first-order valence-corrected chi connectivity index (χ1v) is 7.50. The number of carbonyl (C=O) groups is 1. The number of esters is 1. The van der Waals surface area contributed by atoms with Crippen LogP contribution in [0.5, 0.6) is 0 Å². The molecule has 0 radical (unpaired) electrons. The zero-order valence-corrected chi connectivity index (χ0v) is 12.0. The summed E-state index contributed by atoms with van der Waals surface area (Å²) in [6.07, 6.45) is 1.95. The van der Waals surface area contributed by atoms with Gasteiger partial charge < -0.3 is 9.15 Å². The lowest BCUT2D eigenvalue weighted by atomic mass is 10.2. The number of hydrogen-bond acceptors (Lipinski definition) is 4. The zero-order chi connectivity index (χ0) is 13.7. The van der Waals surface area contributed by atoms with Crippen molar-refractivity contribution in [2.24, 2.45) is 0 Å². The van der Waals surface area contributed by atoms with Crippen LogP contribution in [0, 0.1) is 0 Å². The summed E-state index contributed by atoms with van der Waals surface area (Å²) < 4.78 is 10.5. The van der Waals surface area contributed by atoms with Gasteiger partial charge in [-0.3, -0.25) is 0 Å². The molecule has 2 aromatic rings. The van der Waals surface area contributed by atoms with Crippen LogP contribution in [-0.4, -0.2) is 24.6 Å². The molecule has 1 aromatic carbocycles. The van der Waals surface area contributed by atoms with E-state index in [4.69, 9.17) is 20.8 Å². The molecule has 0 bridgehead atoms. The molecule has 0 N–H and O–H groups in total. The summed E-state index contributed by atoms with van der Waals surface area (Å²) in [6, 6.07) is 10.6. The van der Waals surface area contributed by atoms with Gasteiger partial charge in [0.1, 0.15) is 12.4 Å². The summed E-state index contributed by atoms with van der Waals surface area (Å²) in [7, 11) is 0. The second kappa shape index (κ2) is 6.68. The highest BCUT2D eigenvalue weighted by Crippen LogP contribution is 2.29. The van der Waals surface area contributed by atoms with Crippen molar-refractivity contribution in [3.8, 4) is 11.3 Å². The molecular weight excluding hydrogens is 284 g/mol. The van der Waals surface area contributed by atoms with Gasteiger partial charge in [-0.25, -0.2) is 4.79 Å². The minimum Gasteiger partial charge on any atom is -0.459 e. The summed E-state index contributed by atoms with van der Waals surface area (Å²) in [5, 5.41) is 0.583. The van der Waals surface area contributed by atoms with Crippen molar-refractivity contribution >= 4 is 29.3 Å². The molecular formula is C14H13ClO3S. The first kappa shape index (κ1) is 14.0. The lowest BCUT2D eigenvalue weighted by Crippen LogP contribution is -2.06. The van der Waals surface area contributed by atoms with Gasteiger partial charge in [0, 0.05) is 11.3 Å². The summed E-state index contributed by atoms with van der Waals surface area (Å²) in [5.74, 6) is 1.06. The van der Waals surface area contributed by atoms with Crippen LogP contribution < -0.4 is 0 Å². The summed E-state index contributed by atoms with van der Waals surface area (Å²) in [6.45, 7) is 0.377. The largest absolute Gasteiger partial charge is 0.459 e. The summed E-state index contributed by atoms with van der Waals surface area (Å²) >= 11 is 7.69. The Hall–Kier alpha value is -1.39. The predicted octanol–water partition coefficient (Wildman–Crippen LogP) is 4.12. The standard InChI is InChI=1S/C14H13ClO3S/c1-19-9-8-17-14(16)13-7-6-12(18-13)10-4-2-3-5-11(10)15/h2-7H,8-9H2,1H3. The molecule has 2 rings (SSSR count). The second-order valence-corrected chi connectivity index (χ2v) is 5.17. The molecule has 0 amide bonds. The smallest absolute Gasteiger partial charge is 0.374 e. The van der Waals surface area contributed by atoms with Crippen LogP contribution in [0.25, 0.3) is 11.3 Å². The molecule has 19 heavy (non-hydrogen) atoms. The summed E-state index contributed by atoms with van der Waals surface area (Å²) in [5.41, 5.74) is 0.757. The minimum atomic E-state index is -0.452. The minimum absolute atomic E-state index is 0.191. The molecule has 0 saturated carbocycles. The molecule has 3 nitrogen and oxygen atoms in total. The molecule has 0 aliphatic heterocycles. The van der Waals surface area contributed by atoms with Crippen molar-refractivity contribution in [3.63, 3.8) is 0 Å². The van der Waals surface area contributed by atoms with Gasteiger partial charge in [0.15, 0.2) is 0 Å². The average Bonchev–Trinajstić information content (AvgIpc) is 2.89. The molecule has 1 heterocycles. The van der Waals surface area contributed by atoms with E-state index in [0.29, 0.717) is 17.4 Å². The molecule has 100 valence electrons. The predicted molar refractivity (Wildman–Crippen MR) is 77.8 cm³/mol. The fraction of sp³-hybridized carbons (Fsp3) is 0.214. The molecule has 0 unspecified atom stereocenters. The van der Waals surface area contributed by atoms with Crippen LogP contribution in [0.15, 0.2) is 40.8 Å². The van der Waals surface area contributed by atoms with E-state index in [1.807, 2.05) is 24.5 Å². The fourth-order valence-electron chi connectivity index (χ4n) is 1.54. The number of thioether (sulfide) groups is 1. The molecule has 0 saturated heterocycles. The number of hydrogen-bond donors (Lipinski definition) is 0. The second-order valence-electron chi connectivity index (χ2n) is 3.77.